The van der Waals surface area contributed by atoms with Crippen LogP contribution in [0.4, 0.5) is 10.1 Å². The molecular formula is C10H11FN4O2S. The number of benzene rings is 1. The van der Waals surface area contributed by atoms with E-state index in [9.17, 15) is 12.8 Å². The van der Waals surface area contributed by atoms with Gasteiger partial charge in [-0.15, -0.1) is 0 Å². The van der Waals surface area contributed by atoms with Crippen molar-refractivity contribution in [2.75, 3.05) is 5.73 Å². The van der Waals surface area contributed by atoms with Gasteiger partial charge in [-0.3, -0.25) is 5.10 Å². The van der Waals surface area contributed by atoms with Gasteiger partial charge in [-0.25, -0.2) is 17.5 Å². The third kappa shape index (κ3) is 2.66. The number of H-pyrrole nitrogens is 1. The first kappa shape index (κ1) is 12.5. The Morgan fingerprint density at radius 2 is 2.22 bits per heavy atom. The van der Waals surface area contributed by atoms with Crippen LogP contribution in [0.1, 0.15) is 5.56 Å². The molecule has 18 heavy (non-hydrogen) atoms. The fraction of sp³-hybridized carbons (Fsp3) is 0.100. The highest BCUT2D eigenvalue weighted by Gasteiger charge is 2.18. The van der Waals surface area contributed by atoms with Gasteiger partial charge in [0.05, 0.1) is 11.9 Å². The zero-order valence-electron chi connectivity index (χ0n) is 9.22. The molecule has 4 N–H and O–H groups in total. The third-order valence-electron chi connectivity index (χ3n) is 2.29. The monoisotopic (exact) mass is 270 g/mol. The molecule has 0 spiro atoms. The highest BCUT2D eigenvalue weighted by molar-refractivity contribution is 7.89. The molecule has 0 bridgehead atoms. The standard InChI is InChI=1S/C10H11FN4O2S/c11-8-1-2-9(12)10(3-8)18(16,17)15-6-7-4-13-14-5-7/h1-5,15H,6,12H2,(H,13,14). The topological polar surface area (TPSA) is 101 Å². The van der Waals surface area contributed by atoms with Crippen molar-refractivity contribution in [1.29, 1.82) is 0 Å². The lowest BCUT2D eigenvalue weighted by molar-refractivity contribution is 0.578. The first-order valence-electron chi connectivity index (χ1n) is 5.01. The number of nitrogens with zero attached hydrogens (tertiary/aromatic N) is 1. The molecule has 0 aliphatic carbocycles. The molecule has 0 aliphatic rings. The molecule has 1 heterocycles. The molecule has 0 saturated carbocycles. The molecule has 96 valence electrons. The predicted octanol–water partition coefficient (Wildman–Crippen LogP) is 0.609. The quantitative estimate of drug-likeness (QED) is 0.708. The highest BCUT2D eigenvalue weighted by atomic mass is 32.2. The van der Waals surface area contributed by atoms with E-state index in [0.717, 1.165) is 12.1 Å². The lowest BCUT2D eigenvalue weighted by atomic mass is 10.3. The number of nitrogen functional groups attached to an aromatic ring is 1. The zero-order chi connectivity index (χ0) is 13.2. The molecule has 8 heteroatoms. The van der Waals surface area contributed by atoms with E-state index in [4.69, 9.17) is 5.73 Å². The normalized spacial score (nSPS) is 11.6. The van der Waals surface area contributed by atoms with Gasteiger partial charge in [0.2, 0.25) is 10.0 Å². The van der Waals surface area contributed by atoms with Gasteiger partial charge < -0.3 is 5.73 Å². The number of rotatable bonds is 4. The first-order chi connectivity index (χ1) is 8.49. The Hall–Kier alpha value is -1.93. The van der Waals surface area contributed by atoms with Crippen LogP contribution in [0.15, 0.2) is 35.5 Å². The lowest BCUT2D eigenvalue weighted by Gasteiger charge is -2.08. The summed E-state index contributed by atoms with van der Waals surface area (Å²) in [6.07, 6.45) is 3.04. The Bertz CT molecular complexity index is 640. The van der Waals surface area contributed by atoms with Gasteiger partial charge in [0.1, 0.15) is 10.7 Å². The molecule has 0 unspecified atom stereocenters. The number of hydrogen-bond donors (Lipinski definition) is 3. The van der Waals surface area contributed by atoms with Crippen molar-refractivity contribution in [2.24, 2.45) is 0 Å². The summed E-state index contributed by atoms with van der Waals surface area (Å²) in [5, 5.41) is 6.24. The smallest absolute Gasteiger partial charge is 0.243 e. The Morgan fingerprint density at radius 1 is 1.44 bits per heavy atom. The lowest BCUT2D eigenvalue weighted by Crippen LogP contribution is -2.24. The molecule has 1 aromatic carbocycles. The summed E-state index contributed by atoms with van der Waals surface area (Å²) >= 11 is 0. The Kier molecular flexibility index (Phi) is 3.30. The average molecular weight is 270 g/mol. The van der Waals surface area contributed by atoms with Crippen LogP contribution < -0.4 is 10.5 Å². The minimum atomic E-state index is -3.85. The summed E-state index contributed by atoms with van der Waals surface area (Å²) in [5.74, 6) is -0.659. The Balaban J connectivity index is 2.22. The van der Waals surface area contributed by atoms with E-state index in [1.54, 1.807) is 6.20 Å². The van der Waals surface area contributed by atoms with E-state index >= 15 is 0 Å². The molecule has 0 atom stereocenters. The molecule has 0 fully saturated rings. The second kappa shape index (κ2) is 4.75. The number of hydrogen-bond acceptors (Lipinski definition) is 4. The molecule has 2 aromatic rings. The van der Waals surface area contributed by atoms with Crippen LogP contribution in [0.5, 0.6) is 0 Å². The maximum Gasteiger partial charge on any atom is 0.243 e. The Morgan fingerprint density at radius 3 is 2.89 bits per heavy atom. The maximum atomic E-state index is 13.0. The molecule has 0 aliphatic heterocycles. The van der Waals surface area contributed by atoms with Crippen molar-refractivity contribution < 1.29 is 12.8 Å². The van der Waals surface area contributed by atoms with Crippen molar-refractivity contribution in [2.45, 2.75) is 11.4 Å². The van der Waals surface area contributed by atoms with E-state index in [-0.39, 0.29) is 17.1 Å². The summed E-state index contributed by atoms with van der Waals surface area (Å²) < 4.78 is 39.2. The average Bonchev–Trinajstić information content (AvgIpc) is 2.83. The summed E-state index contributed by atoms with van der Waals surface area (Å²) in [6.45, 7) is 0.0504. The van der Waals surface area contributed by atoms with Crippen LogP contribution in [0.3, 0.4) is 0 Å². The third-order valence-corrected chi connectivity index (χ3v) is 3.74. The van der Waals surface area contributed by atoms with Gasteiger partial charge in [0.25, 0.3) is 0 Å². The number of anilines is 1. The maximum absolute atomic E-state index is 13.0. The van der Waals surface area contributed by atoms with Crippen LogP contribution in [0, 0.1) is 5.82 Å². The van der Waals surface area contributed by atoms with Crippen molar-refractivity contribution in [3.8, 4) is 0 Å². The summed E-state index contributed by atoms with van der Waals surface area (Å²) in [4.78, 5) is -0.272. The highest BCUT2D eigenvalue weighted by Crippen LogP contribution is 2.19. The van der Waals surface area contributed by atoms with E-state index in [2.05, 4.69) is 14.9 Å². The van der Waals surface area contributed by atoms with Gasteiger partial charge in [-0.05, 0) is 18.2 Å². The molecule has 1 aromatic heterocycles. The second-order valence-electron chi connectivity index (χ2n) is 3.61. The van der Waals surface area contributed by atoms with E-state index in [1.807, 2.05) is 0 Å². The minimum absolute atomic E-state index is 0.00362. The minimum Gasteiger partial charge on any atom is -0.398 e. The van der Waals surface area contributed by atoms with Crippen molar-refractivity contribution in [3.63, 3.8) is 0 Å². The SMILES string of the molecule is Nc1ccc(F)cc1S(=O)(=O)NCc1cn[nH]c1. The summed E-state index contributed by atoms with van der Waals surface area (Å²) in [7, 11) is -3.85. The van der Waals surface area contributed by atoms with Gasteiger partial charge in [-0.2, -0.15) is 5.10 Å². The van der Waals surface area contributed by atoms with Gasteiger partial charge >= 0.3 is 0 Å². The number of sulfonamides is 1. The second-order valence-corrected chi connectivity index (χ2v) is 5.35. The van der Waals surface area contributed by atoms with Crippen molar-refractivity contribution >= 4 is 15.7 Å². The van der Waals surface area contributed by atoms with Crippen LogP contribution in [0.25, 0.3) is 0 Å². The van der Waals surface area contributed by atoms with Crippen molar-refractivity contribution in [1.82, 2.24) is 14.9 Å². The molecule has 0 radical (unpaired) electrons. The van der Waals surface area contributed by atoms with Gasteiger partial charge in [0, 0.05) is 18.3 Å². The van der Waals surface area contributed by atoms with Gasteiger partial charge in [0.15, 0.2) is 0 Å². The largest absolute Gasteiger partial charge is 0.398 e. The fourth-order valence-corrected chi connectivity index (χ4v) is 2.53. The summed E-state index contributed by atoms with van der Waals surface area (Å²) in [6, 6.07) is 3.19. The number of aromatic amines is 1. The van der Waals surface area contributed by atoms with E-state index in [1.165, 1.54) is 12.3 Å². The molecule has 0 amide bonds. The number of nitrogens with one attached hydrogen (secondary N) is 2. The molecule has 6 nitrogen and oxygen atoms in total. The van der Waals surface area contributed by atoms with Crippen LogP contribution in [-0.2, 0) is 16.6 Å². The first-order valence-corrected chi connectivity index (χ1v) is 6.50. The van der Waals surface area contributed by atoms with Crippen LogP contribution >= 0.6 is 0 Å². The van der Waals surface area contributed by atoms with Gasteiger partial charge in [-0.1, -0.05) is 0 Å². The number of aromatic nitrogens is 2. The molecule has 0 saturated heterocycles. The van der Waals surface area contributed by atoms with E-state index < -0.39 is 15.8 Å². The van der Waals surface area contributed by atoms with Crippen LogP contribution in [0.2, 0.25) is 0 Å². The van der Waals surface area contributed by atoms with Crippen LogP contribution in [-0.4, -0.2) is 18.6 Å². The molecular weight excluding hydrogens is 259 g/mol. The van der Waals surface area contributed by atoms with Crippen molar-refractivity contribution in [3.05, 3.63) is 42.0 Å². The number of halogens is 1. The predicted molar refractivity (Wildman–Crippen MR) is 63.4 cm³/mol. The number of nitrogens with two attached hydrogens (primary N) is 1. The molecule has 2 rings (SSSR count). The van der Waals surface area contributed by atoms with E-state index in [0.29, 0.717) is 5.56 Å². The summed E-state index contributed by atoms with van der Waals surface area (Å²) in [5.41, 5.74) is 6.18. The Labute approximate surface area is 103 Å². The fourth-order valence-electron chi connectivity index (χ4n) is 1.37. The zero-order valence-corrected chi connectivity index (χ0v) is 10.0.